The molecule has 4 aromatic rings. The maximum absolute atomic E-state index is 13.8. The third-order valence-electron chi connectivity index (χ3n) is 6.17. The fourth-order valence-electron chi connectivity index (χ4n) is 4.34. The molecule has 1 N–H and O–H groups in total. The van der Waals surface area contributed by atoms with Crippen molar-refractivity contribution in [2.24, 2.45) is 4.99 Å². The standard InChI is InChI=1S/C29H25ClN4O2S/c1-18-25(27(35)32-22-10-5-4-6-11-22)26(20-8-7-9-21(30)17-20)34-28(36)24(37-29(34)31-18)16-19-12-14-23(15-13-19)33(2)3/h4-17,26H,1-3H3,(H,32,35)/b24-16+. The fraction of sp³-hybridized carbons (Fsp3) is 0.138. The van der Waals surface area contributed by atoms with Crippen LogP contribution >= 0.6 is 22.9 Å². The Hall–Kier alpha value is -3.94. The number of aromatic nitrogens is 1. The number of nitrogens with one attached hydrogen (secondary N) is 1. The first kappa shape index (κ1) is 24.7. The summed E-state index contributed by atoms with van der Waals surface area (Å²) >= 11 is 7.65. The number of carbonyl (C=O) groups excluding carboxylic acids is 1. The molecule has 186 valence electrons. The highest BCUT2D eigenvalue weighted by atomic mass is 35.5. The van der Waals surface area contributed by atoms with Gasteiger partial charge < -0.3 is 10.2 Å². The summed E-state index contributed by atoms with van der Waals surface area (Å²) in [6.07, 6.45) is 1.86. The molecular formula is C29H25ClN4O2S. The first-order valence-electron chi connectivity index (χ1n) is 11.7. The number of anilines is 2. The molecule has 8 heteroatoms. The van der Waals surface area contributed by atoms with E-state index < -0.39 is 6.04 Å². The number of para-hydroxylation sites is 1. The maximum atomic E-state index is 13.8. The molecule has 0 bridgehead atoms. The largest absolute Gasteiger partial charge is 0.378 e. The van der Waals surface area contributed by atoms with Crippen molar-refractivity contribution in [1.82, 2.24) is 4.57 Å². The molecule has 0 saturated carbocycles. The van der Waals surface area contributed by atoms with Crippen molar-refractivity contribution >= 4 is 46.3 Å². The number of thiazole rings is 1. The topological polar surface area (TPSA) is 66.7 Å². The Labute approximate surface area is 223 Å². The summed E-state index contributed by atoms with van der Waals surface area (Å²) in [5.41, 5.74) is 4.14. The molecule has 1 unspecified atom stereocenters. The van der Waals surface area contributed by atoms with E-state index in [0.717, 1.165) is 16.8 Å². The smallest absolute Gasteiger partial charge is 0.271 e. The normalized spacial score (nSPS) is 15.2. The SMILES string of the molecule is CC1=C(C(=O)Nc2ccccc2)C(c2cccc(Cl)c2)n2c(s/c(=C/c3ccc(N(C)C)cc3)c2=O)=N1. The number of allylic oxidation sites excluding steroid dienone is 1. The molecule has 0 saturated heterocycles. The van der Waals surface area contributed by atoms with E-state index in [1.165, 1.54) is 11.3 Å². The summed E-state index contributed by atoms with van der Waals surface area (Å²) in [6.45, 7) is 1.80. The molecule has 2 heterocycles. The second-order valence-electron chi connectivity index (χ2n) is 8.94. The van der Waals surface area contributed by atoms with E-state index in [4.69, 9.17) is 11.6 Å². The molecule has 1 aromatic heterocycles. The monoisotopic (exact) mass is 528 g/mol. The van der Waals surface area contributed by atoms with Crippen molar-refractivity contribution in [3.8, 4) is 0 Å². The van der Waals surface area contributed by atoms with Gasteiger partial charge in [-0.2, -0.15) is 0 Å². The van der Waals surface area contributed by atoms with E-state index in [0.29, 0.717) is 31.3 Å². The predicted octanol–water partition coefficient (Wildman–Crippen LogP) is 4.59. The van der Waals surface area contributed by atoms with E-state index in [1.807, 2.05) is 91.8 Å². The number of amides is 1. The molecule has 0 spiro atoms. The maximum Gasteiger partial charge on any atom is 0.271 e. The van der Waals surface area contributed by atoms with Gasteiger partial charge in [0.2, 0.25) is 0 Å². The van der Waals surface area contributed by atoms with E-state index in [-0.39, 0.29) is 11.5 Å². The minimum Gasteiger partial charge on any atom is -0.378 e. The molecule has 37 heavy (non-hydrogen) atoms. The first-order chi connectivity index (χ1) is 17.8. The minimum absolute atomic E-state index is 0.206. The zero-order chi connectivity index (χ0) is 26.1. The van der Waals surface area contributed by atoms with Crippen LogP contribution in [0.4, 0.5) is 11.4 Å². The molecule has 1 aliphatic rings. The second kappa shape index (κ2) is 10.2. The molecule has 1 atom stereocenters. The van der Waals surface area contributed by atoms with Gasteiger partial charge in [-0.1, -0.05) is 65.4 Å². The van der Waals surface area contributed by atoms with Crippen LogP contribution in [0.2, 0.25) is 5.02 Å². The second-order valence-corrected chi connectivity index (χ2v) is 10.4. The van der Waals surface area contributed by atoms with Gasteiger partial charge in [0.15, 0.2) is 4.80 Å². The zero-order valence-electron chi connectivity index (χ0n) is 20.6. The number of nitrogens with zero attached hydrogens (tertiary/aromatic N) is 3. The van der Waals surface area contributed by atoms with E-state index in [1.54, 1.807) is 23.6 Å². The summed E-state index contributed by atoms with van der Waals surface area (Å²) in [5.74, 6) is -0.314. The molecule has 1 aliphatic heterocycles. The third-order valence-corrected chi connectivity index (χ3v) is 7.39. The molecule has 6 nitrogen and oxygen atoms in total. The highest BCUT2D eigenvalue weighted by Crippen LogP contribution is 2.32. The van der Waals surface area contributed by atoms with Gasteiger partial charge in [-0.25, -0.2) is 4.99 Å². The van der Waals surface area contributed by atoms with Gasteiger partial charge in [0, 0.05) is 30.5 Å². The summed E-state index contributed by atoms with van der Waals surface area (Å²) in [6, 6.07) is 23.8. The molecule has 5 rings (SSSR count). The van der Waals surface area contributed by atoms with Crippen LogP contribution in [-0.2, 0) is 4.79 Å². The predicted molar refractivity (Wildman–Crippen MR) is 151 cm³/mol. The van der Waals surface area contributed by atoms with Gasteiger partial charge in [0.25, 0.3) is 11.5 Å². The number of hydrogen-bond donors (Lipinski definition) is 1. The molecule has 1 amide bonds. The van der Waals surface area contributed by atoms with Crippen molar-refractivity contribution in [3.05, 3.63) is 126 Å². The fourth-order valence-corrected chi connectivity index (χ4v) is 5.59. The molecule has 3 aromatic carbocycles. The van der Waals surface area contributed by atoms with Crippen molar-refractivity contribution in [2.45, 2.75) is 13.0 Å². The summed E-state index contributed by atoms with van der Waals surface area (Å²) in [7, 11) is 3.97. The summed E-state index contributed by atoms with van der Waals surface area (Å²) < 4.78 is 2.14. The number of carbonyl (C=O) groups is 1. The summed E-state index contributed by atoms with van der Waals surface area (Å²) in [5, 5.41) is 3.48. The van der Waals surface area contributed by atoms with Crippen LogP contribution in [0.5, 0.6) is 0 Å². The molecule has 0 radical (unpaired) electrons. The lowest BCUT2D eigenvalue weighted by Gasteiger charge is -2.25. The average molecular weight is 529 g/mol. The van der Waals surface area contributed by atoms with Crippen LogP contribution in [0, 0.1) is 0 Å². The van der Waals surface area contributed by atoms with Gasteiger partial charge in [0.1, 0.15) is 0 Å². The molecular weight excluding hydrogens is 504 g/mol. The van der Waals surface area contributed by atoms with Crippen molar-refractivity contribution < 1.29 is 4.79 Å². The highest BCUT2D eigenvalue weighted by Gasteiger charge is 2.32. The zero-order valence-corrected chi connectivity index (χ0v) is 22.2. The Kier molecular flexibility index (Phi) is 6.82. The van der Waals surface area contributed by atoms with Crippen LogP contribution in [0.3, 0.4) is 0 Å². The Bertz CT molecular complexity index is 1690. The Morgan fingerprint density at radius 3 is 2.46 bits per heavy atom. The molecule has 0 fully saturated rings. The van der Waals surface area contributed by atoms with Gasteiger partial charge in [-0.15, -0.1) is 0 Å². The van der Waals surface area contributed by atoms with E-state index >= 15 is 0 Å². The number of hydrogen-bond acceptors (Lipinski definition) is 5. The Morgan fingerprint density at radius 2 is 1.78 bits per heavy atom. The third kappa shape index (κ3) is 5.01. The quantitative estimate of drug-likeness (QED) is 0.412. The number of fused-ring (bicyclic) bond motifs is 1. The van der Waals surface area contributed by atoms with Gasteiger partial charge in [-0.05, 0) is 60.5 Å². The van der Waals surface area contributed by atoms with Crippen LogP contribution in [0.15, 0.2) is 99.9 Å². The van der Waals surface area contributed by atoms with Crippen LogP contribution in [-0.4, -0.2) is 24.6 Å². The van der Waals surface area contributed by atoms with E-state index in [9.17, 15) is 9.59 Å². The summed E-state index contributed by atoms with van der Waals surface area (Å²) in [4.78, 5) is 34.6. The lowest BCUT2D eigenvalue weighted by atomic mass is 9.95. The first-order valence-corrected chi connectivity index (χ1v) is 12.9. The lowest BCUT2D eigenvalue weighted by molar-refractivity contribution is -0.113. The Balaban J connectivity index is 1.65. The number of rotatable bonds is 5. The Morgan fingerprint density at radius 1 is 1.05 bits per heavy atom. The number of benzene rings is 3. The van der Waals surface area contributed by atoms with Crippen molar-refractivity contribution in [2.75, 3.05) is 24.3 Å². The van der Waals surface area contributed by atoms with Crippen molar-refractivity contribution in [1.29, 1.82) is 0 Å². The van der Waals surface area contributed by atoms with Gasteiger partial charge in [0.05, 0.1) is 21.8 Å². The van der Waals surface area contributed by atoms with Gasteiger partial charge in [-0.3, -0.25) is 14.2 Å². The van der Waals surface area contributed by atoms with Gasteiger partial charge >= 0.3 is 0 Å². The average Bonchev–Trinajstić information content (AvgIpc) is 3.18. The number of halogens is 1. The minimum atomic E-state index is -0.670. The van der Waals surface area contributed by atoms with E-state index in [2.05, 4.69) is 10.3 Å². The molecule has 0 aliphatic carbocycles. The van der Waals surface area contributed by atoms with Crippen LogP contribution in [0.25, 0.3) is 6.08 Å². The highest BCUT2D eigenvalue weighted by molar-refractivity contribution is 7.07. The van der Waals surface area contributed by atoms with Crippen LogP contribution < -0.4 is 25.1 Å². The van der Waals surface area contributed by atoms with Crippen molar-refractivity contribution in [3.63, 3.8) is 0 Å². The van der Waals surface area contributed by atoms with Crippen LogP contribution in [0.1, 0.15) is 24.1 Å². The lowest BCUT2D eigenvalue weighted by Crippen LogP contribution is -2.40.